The summed E-state index contributed by atoms with van der Waals surface area (Å²) < 4.78 is 7.28. The van der Waals surface area contributed by atoms with Crippen LogP contribution in [0.4, 0.5) is 0 Å². The van der Waals surface area contributed by atoms with E-state index < -0.39 is 5.97 Å². The Bertz CT molecular complexity index is 579. The van der Waals surface area contributed by atoms with Gasteiger partial charge < -0.3 is 9.52 Å². The van der Waals surface area contributed by atoms with Gasteiger partial charge >= 0.3 is 5.97 Å². The number of rotatable bonds is 7. The molecule has 2 rings (SSSR count). The van der Waals surface area contributed by atoms with Crippen molar-refractivity contribution in [2.24, 2.45) is 5.92 Å². The van der Waals surface area contributed by atoms with Crippen LogP contribution in [0.3, 0.4) is 0 Å². The van der Waals surface area contributed by atoms with Gasteiger partial charge in [-0.25, -0.2) is 0 Å². The van der Waals surface area contributed by atoms with Crippen LogP contribution in [-0.4, -0.2) is 36.8 Å². The zero-order chi connectivity index (χ0) is 14.5. The summed E-state index contributed by atoms with van der Waals surface area (Å²) in [5.74, 6) is 0.418. The SMILES string of the molecule is CC(C)Cn1ccc(-c2nnc(SCCC(=O)O)o2)n1. The van der Waals surface area contributed by atoms with Gasteiger partial charge in [0.2, 0.25) is 0 Å². The van der Waals surface area contributed by atoms with Crippen LogP contribution in [-0.2, 0) is 11.3 Å². The van der Waals surface area contributed by atoms with Crippen LogP contribution in [0.15, 0.2) is 21.9 Å². The predicted octanol–water partition coefficient (Wildman–Crippen LogP) is 2.16. The molecule has 0 fully saturated rings. The smallest absolute Gasteiger partial charge is 0.304 e. The lowest BCUT2D eigenvalue weighted by Gasteiger charge is -2.03. The van der Waals surface area contributed by atoms with Crippen LogP contribution in [0.25, 0.3) is 11.6 Å². The molecule has 0 bridgehead atoms. The average Bonchev–Trinajstić information content (AvgIpc) is 2.96. The van der Waals surface area contributed by atoms with E-state index in [2.05, 4.69) is 29.1 Å². The number of carbonyl (C=O) groups is 1. The normalized spacial score (nSPS) is 11.2. The number of carboxylic acid groups (broad SMARTS) is 1. The van der Waals surface area contributed by atoms with Crippen molar-refractivity contribution >= 4 is 17.7 Å². The van der Waals surface area contributed by atoms with Gasteiger partial charge in [0.1, 0.15) is 5.69 Å². The first-order valence-corrected chi connectivity index (χ1v) is 7.25. The van der Waals surface area contributed by atoms with Gasteiger partial charge in [-0.3, -0.25) is 9.48 Å². The van der Waals surface area contributed by atoms with E-state index in [1.807, 2.05) is 16.9 Å². The van der Waals surface area contributed by atoms with E-state index in [1.54, 1.807) is 0 Å². The standard InChI is InChI=1S/C12H16N4O3S/c1-8(2)7-16-5-3-9(15-16)11-13-14-12(19-11)20-6-4-10(17)18/h3,5,8H,4,6-7H2,1-2H3,(H,17,18). The summed E-state index contributed by atoms with van der Waals surface area (Å²) in [6.45, 7) is 5.06. The topological polar surface area (TPSA) is 94.0 Å². The second-order valence-electron chi connectivity index (χ2n) is 4.68. The highest BCUT2D eigenvalue weighted by atomic mass is 32.2. The molecule has 0 saturated heterocycles. The zero-order valence-corrected chi connectivity index (χ0v) is 12.1. The monoisotopic (exact) mass is 296 g/mol. The lowest BCUT2D eigenvalue weighted by Crippen LogP contribution is -2.04. The molecule has 0 atom stereocenters. The van der Waals surface area contributed by atoms with Crippen LogP contribution in [0.1, 0.15) is 20.3 Å². The van der Waals surface area contributed by atoms with Gasteiger partial charge in [-0.2, -0.15) is 5.10 Å². The van der Waals surface area contributed by atoms with Gasteiger partial charge in [0.05, 0.1) is 6.42 Å². The van der Waals surface area contributed by atoms with Crippen molar-refractivity contribution in [1.29, 1.82) is 0 Å². The summed E-state index contributed by atoms with van der Waals surface area (Å²) in [7, 11) is 0. The highest BCUT2D eigenvalue weighted by Gasteiger charge is 2.12. The second kappa shape index (κ2) is 6.56. The molecule has 0 saturated carbocycles. The van der Waals surface area contributed by atoms with E-state index in [0.29, 0.717) is 28.5 Å². The van der Waals surface area contributed by atoms with Crippen LogP contribution in [0, 0.1) is 5.92 Å². The first-order chi connectivity index (χ1) is 9.54. The summed E-state index contributed by atoms with van der Waals surface area (Å²) in [5, 5.41) is 21.1. The van der Waals surface area contributed by atoms with Crippen LogP contribution < -0.4 is 0 Å². The molecule has 2 aromatic heterocycles. The predicted molar refractivity (Wildman–Crippen MR) is 73.3 cm³/mol. The third kappa shape index (κ3) is 4.09. The molecule has 1 N–H and O–H groups in total. The number of nitrogens with zero attached hydrogens (tertiary/aromatic N) is 4. The lowest BCUT2D eigenvalue weighted by molar-refractivity contribution is -0.136. The summed E-state index contributed by atoms with van der Waals surface area (Å²) in [4.78, 5) is 10.4. The minimum atomic E-state index is -0.843. The maximum atomic E-state index is 10.4. The minimum absolute atomic E-state index is 0.0609. The van der Waals surface area contributed by atoms with Gasteiger partial charge in [-0.1, -0.05) is 25.6 Å². The Labute approximate surface area is 120 Å². The molecule has 108 valence electrons. The molecule has 8 heteroatoms. The number of thioether (sulfide) groups is 1. The lowest BCUT2D eigenvalue weighted by atomic mass is 10.2. The van der Waals surface area contributed by atoms with E-state index in [0.717, 1.165) is 6.54 Å². The number of aromatic nitrogens is 4. The van der Waals surface area contributed by atoms with E-state index in [-0.39, 0.29) is 6.42 Å². The summed E-state index contributed by atoms with van der Waals surface area (Å²) in [6.07, 6.45) is 1.93. The Morgan fingerprint density at radius 2 is 2.30 bits per heavy atom. The van der Waals surface area contributed by atoms with Gasteiger partial charge in [-0.05, 0) is 12.0 Å². The summed E-state index contributed by atoms with van der Waals surface area (Å²) in [6, 6.07) is 1.82. The molecule has 0 aliphatic heterocycles. The quantitative estimate of drug-likeness (QED) is 0.782. The Hall–Kier alpha value is -1.83. The highest BCUT2D eigenvalue weighted by Crippen LogP contribution is 2.22. The van der Waals surface area contributed by atoms with Gasteiger partial charge in [-0.15, -0.1) is 10.2 Å². The third-order valence-corrected chi connectivity index (χ3v) is 3.18. The Balaban J connectivity index is 1.97. The number of aliphatic carboxylic acids is 1. The average molecular weight is 296 g/mol. The maximum Gasteiger partial charge on any atom is 0.304 e. The fraction of sp³-hybridized carbons (Fsp3) is 0.500. The Morgan fingerprint density at radius 1 is 1.50 bits per heavy atom. The van der Waals surface area contributed by atoms with Crippen molar-refractivity contribution < 1.29 is 14.3 Å². The third-order valence-electron chi connectivity index (χ3n) is 2.36. The number of hydrogen-bond acceptors (Lipinski definition) is 6. The van der Waals surface area contributed by atoms with Gasteiger partial charge in [0.15, 0.2) is 0 Å². The number of carboxylic acids is 1. The van der Waals surface area contributed by atoms with Crippen LogP contribution >= 0.6 is 11.8 Å². The maximum absolute atomic E-state index is 10.4. The summed E-state index contributed by atoms with van der Waals surface area (Å²) >= 11 is 1.23. The van der Waals surface area contributed by atoms with Gasteiger partial charge in [0, 0.05) is 18.5 Å². The van der Waals surface area contributed by atoms with Crippen molar-refractivity contribution in [1.82, 2.24) is 20.0 Å². The van der Waals surface area contributed by atoms with Crippen molar-refractivity contribution in [2.45, 2.75) is 32.0 Å². The molecule has 0 aliphatic rings. The molecule has 0 aliphatic carbocycles. The van der Waals surface area contributed by atoms with Crippen molar-refractivity contribution in [2.75, 3.05) is 5.75 Å². The molecule has 0 aromatic carbocycles. The largest absolute Gasteiger partial charge is 0.481 e. The molecule has 7 nitrogen and oxygen atoms in total. The number of hydrogen-bond donors (Lipinski definition) is 1. The molecule has 0 unspecified atom stereocenters. The second-order valence-corrected chi connectivity index (χ2v) is 5.73. The Kier molecular flexibility index (Phi) is 4.78. The molecular weight excluding hydrogens is 280 g/mol. The van der Waals surface area contributed by atoms with E-state index in [1.165, 1.54) is 11.8 Å². The molecular formula is C12H16N4O3S. The summed E-state index contributed by atoms with van der Waals surface area (Å²) in [5.41, 5.74) is 0.628. The fourth-order valence-corrected chi connectivity index (χ4v) is 2.24. The fourth-order valence-electron chi connectivity index (χ4n) is 1.55. The van der Waals surface area contributed by atoms with Crippen LogP contribution in [0.2, 0.25) is 0 Å². The minimum Gasteiger partial charge on any atom is -0.481 e. The van der Waals surface area contributed by atoms with Crippen molar-refractivity contribution in [3.05, 3.63) is 12.3 Å². The van der Waals surface area contributed by atoms with E-state index in [9.17, 15) is 4.79 Å². The molecule has 2 heterocycles. The van der Waals surface area contributed by atoms with Crippen molar-refractivity contribution in [3.8, 4) is 11.6 Å². The first-order valence-electron chi connectivity index (χ1n) is 6.26. The molecule has 2 aromatic rings. The Morgan fingerprint density at radius 3 is 3.00 bits per heavy atom. The molecule has 20 heavy (non-hydrogen) atoms. The van der Waals surface area contributed by atoms with E-state index >= 15 is 0 Å². The zero-order valence-electron chi connectivity index (χ0n) is 11.3. The van der Waals surface area contributed by atoms with Crippen molar-refractivity contribution in [3.63, 3.8) is 0 Å². The van der Waals surface area contributed by atoms with Gasteiger partial charge in [0.25, 0.3) is 11.1 Å². The highest BCUT2D eigenvalue weighted by molar-refractivity contribution is 7.99. The first kappa shape index (κ1) is 14.6. The molecule has 0 spiro atoms. The van der Waals surface area contributed by atoms with Crippen LogP contribution in [0.5, 0.6) is 0 Å². The van der Waals surface area contributed by atoms with E-state index in [4.69, 9.17) is 9.52 Å². The molecule has 0 amide bonds. The molecule has 0 radical (unpaired) electrons.